The number of rotatable bonds is 6. The van der Waals surface area contributed by atoms with Gasteiger partial charge in [0.15, 0.2) is 5.78 Å². The SMILES string of the molecule is C=C[C@H]1c2c(OC)cccc2C(=O)C2[C@@H]3N[C@@H](CC3(COOC)C(=O)OC)C(=O)N21. The maximum Gasteiger partial charge on any atom is 0.316 e. The minimum atomic E-state index is -1.26. The molecule has 0 saturated carbocycles. The largest absolute Gasteiger partial charge is 0.496 e. The molecule has 0 radical (unpaired) electrons. The highest BCUT2D eigenvalue weighted by Gasteiger charge is 2.66. The number of amides is 1. The average Bonchev–Trinajstić information content (AvgIpc) is 3.11. The molecule has 2 bridgehead atoms. The molecule has 9 heteroatoms. The maximum absolute atomic E-state index is 13.6. The number of benzene rings is 1. The van der Waals surface area contributed by atoms with Gasteiger partial charge in [-0.3, -0.25) is 19.7 Å². The van der Waals surface area contributed by atoms with E-state index in [0.29, 0.717) is 16.9 Å². The number of nitrogens with one attached hydrogen (secondary N) is 1. The lowest BCUT2D eigenvalue weighted by molar-refractivity contribution is -0.290. The summed E-state index contributed by atoms with van der Waals surface area (Å²) in [6.07, 6.45) is 1.75. The highest BCUT2D eigenvalue weighted by molar-refractivity contribution is 6.08. The molecule has 0 aliphatic carbocycles. The van der Waals surface area contributed by atoms with Crippen molar-refractivity contribution in [1.82, 2.24) is 10.2 Å². The van der Waals surface area contributed by atoms with Crippen molar-refractivity contribution >= 4 is 17.7 Å². The molecule has 3 heterocycles. The third kappa shape index (κ3) is 2.62. The van der Waals surface area contributed by atoms with Gasteiger partial charge in [0.05, 0.1) is 39.5 Å². The number of carbonyl (C=O) groups excluding carboxylic acids is 3. The van der Waals surface area contributed by atoms with Crippen LogP contribution < -0.4 is 10.1 Å². The van der Waals surface area contributed by atoms with Crippen LogP contribution in [0.15, 0.2) is 30.9 Å². The van der Waals surface area contributed by atoms with E-state index in [-0.39, 0.29) is 24.7 Å². The third-order valence-corrected chi connectivity index (χ3v) is 6.38. The average molecular weight is 416 g/mol. The van der Waals surface area contributed by atoms with Gasteiger partial charge in [0.25, 0.3) is 0 Å². The Bertz CT molecular complexity index is 917. The minimum absolute atomic E-state index is 0.129. The summed E-state index contributed by atoms with van der Waals surface area (Å²) in [5.41, 5.74) is -0.225. The van der Waals surface area contributed by atoms with Crippen molar-refractivity contribution in [3.8, 4) is 5.75 Å². The van der Waals surface area contributed by atoms with E-state index in [1.165, 1.54) is 26.2 Å². The lowest BCUT2D eigenvalue weighted by Crippen LogP contribution is -2.68. The molecule has 30 heavy (non-hydrogen) atoms. The second kappa shape index (κ2) is 7.50. The summed E-state index contributed by atoms with van der Waals surface area (Å²) in [5, 5.41) is 3.17. The fourth-order valence-corrected chi connectivity index (χ4v) is 5.10. The van der Waals surface area contributed by atoms with E-state index < -0.39 is 35.6 Å². The molecule has 1 aromatic rings. The Labute approximate surface area is 173 Å². The van der Waals surface area contributed by atoms with Crippen LogP contribution in [-0.4, -0.2) is 68.6 Å². The van der Waals surface area contributed by atoms with Gasteiger partial charge < -0.3 is 14.4 Å². The Kier molecular flexibility index (Phi) is 5.13. The normalized spacial score (nSPS) is 31.8. The van der Waals surface area contributed by atoms with Crippen molar-refractivity contribution in [1.29, 1.82) is 0 Å². The molecular formula is C21H24N2O7. The maximum atomic E-state index is 13.6. The minimum Gasteiger partial charge on any atom is -0.496 e. The smallest absolute Gasteiger partial charge is 0.316 e. The van der Waals surface area contributed by atoms with Gasteiger partial charge in [-0.2, -0.15) is 0 Å². The van der Waals surface area contributed by atoms with Crippen LogP contribution in [0.25, 0.3) is 0 Å². The quantitative estimate of drug-likeness (QED) is 0.314. The lowest BCUT2D eigenvalue weighted by Gasteiger charge is -2.48. The van der Waals surface area contributed by atoms with E-state index in [9.17, 15) is 14.4 Å². The van der Waals surface area contributed by atoms with Gasteiger partial charge in [0, 0.05) is 11.1 Å². The summed E-state index contributed by atoms with van der Waals surface area (Å²) in [6, 6.07) is 2.28. The van der Waals surface area contributed by atoms with Gasteiger partial charge in [0.1, 0.15) is 23.8 Å². The summed E-state index contributed by atoms with van der Waals surface area (Å²) >= 11 is 0. The molecule has 5 atom stereocenters. The van der Waals surface area contributed by atoms with E-state index in [4.69, 9.17) is 19.2 Å². The Morgan fingerprint density at radius 3 is 2.73 bits per heavy atom. The molecule has 3 aliphatic rings. The molecule has 9 nitrogen and oxygen atoms in total. The van der Waals surface area contributed by atoms with Crippen molar-refractivity contribution in [2.45, 2.75) is 30.6 Å². The number of Topliss-reactive ketones (excluding diaryl/α,β-unsaturated/α-hetero) is 1. The molecule has 1 aromatic carbocycles. The predicted molar refractivity (Wildman–Crippen MR) is 104 cm³/mol. The van der Waals surface area contributed by atoms with Crippen molar-refractivity contribution in [2.24, 2.45) is 5.41 Å². The highest BCUT2D eigenvalue weighted by atomic mass is 17.2. The van der Waals surface area contributed by atoms with Crippen LogP contribution in [0.3, 0.4) is 0 Å². The molecule has 4 rings (SSSR count). The van der Waals surface area contributed by atoms with E-state index in [0.717, 1.165) is 0 Å². The van der Waals surface area contributed by atoms with Gasteiger partial charge >= 0.3 is 5.97 Å². The molecule has 1 N–H and O–H groups in total. The van der Waals surface area contributed by atoms with E-state index in [2.05, 4.69) is 11.9 Å². The van der Waals surface area contributed by atoms with Crippen LogP contribution in [0.1, 0.15) is 28.4 Å². The van der Waals surface area contributed by atoms with Crippen molar-refractivity contribution < 1.29 is 33.6 Å². The van der Waals surface area contributed by atoms with Crippen molar-refractivity contribution in [3.63, 3.8) is 0 Å². The lowest BCUT2D eigenvalue weighted by atomic mass is 9.74. The monoisotopic (exact) mass is 416 g/mol. The van der Waals surface area contributed by atoms with Crippen LogP contribution in [-0.2, 0) is 24.1 Å². The number of hydrogen-bond donors (Lipinski definition) is 1. The molecule has 160 valence electrons. The topological polar surface area (TPSA) is 103 Å². The Morgan fingerprint density at radius 2 is 2.10 bits per heavy atom. The summed E-state index contributed by atoms with van der Waals surface area (Å²) in [6.45, 7) is 3.75. The first-order chi connectivity index (χ1) is 14.4. The number of nitrogens with zero attached hydrogens (tertiary/aromatic N) is 1. The molecule has 0 spiro atoms. The number of fused-ring (bicyclic) bond motifs is 5. The molecule has 0 aromatic heterocycles. The Hall–Kier alpha value is -2.75. The van der Waals surface area contributed by atoms with E-state index >= 15 is 0 Å². The second-order valence-corrected chi connectivity index (χ2v) is 7.63. The molecule has 1 amide bonds. The number of methoxy groups -OCH3 is 2. The van der Waals surface area contributed by atoms with Crippen LogP contribution in [0, 0.1) is 5.41 Å². The van der Waals surface area contributed by atoms with E-state index in [1.54, 1.807) is 24.3 Å². The zero-order valence-electron chi connectivity index (χ0n) is 17.0. The van der Waals surface area contributed by atoms with Crippen LogP contribution in [0.5, 0.6) is 5.75 Å². The van der Waals surface area contributed by atoms with Gasteiger partial charge in [-0.1, -0.05) is 18.2 Å². The fraction of sp³-hybridized carbons (Fsp3) is 0.476. The summed E-state index contributed by atoms with van der Waals surface area (Å²) in [5.74, 6) is -0.619. The van der Waals surface area contributed by atoms with E-state index in [1.807, 2.05) is 0 Å². The number of piperazine rings is 1. The fourth-order valence-electron chi connectivity index (χ4n) is 5.10. The number of ketones is 1. The van der Waals surface area contributed by atoms with Gasteiger partial charge in [-0.05, 0) is 12.5 Å². The number of hydrogen-bond acceptors (Lipinski definition) is 8. The summed E-state index contributed by atoms with van der Waals surface area (Å²) in [4.78, 5) is 51.3. The molecule has 3 aliphatic heterocycles. The number of ether oxygens (including phenoxy) is 2. The highest BCUT2D eigenvalue weighted by Crippen LogP contribution is 2.49. The first kappa shape index (κ1) is 20.5. The Morgan fingerprint density at radius 1 is 1.33 bits per heavy atom. The van der Waals surface area contributed by atoms with Gasteiger partial charge in [0.2, 0.25) is 5.91 Å². The van der Waals surface area contributed by atoms with Crippen LogP contribution in [0.2, 0.25) is 0 Å². The van der Waals surface area contributed by atoms with Crippen LogP contribution >= 0.6 is 0 Å². The molecule has 2 unspecified atom stereocenters. The van der Waals surface area contributed by atoms with Crippen molar-refractivity contribution in [3.05, 3.63) is 42.0 Å². The molecular weight excluding hydrogens is 392 g/mol. The zero-order valence-corrected chi connectivity index (χ0v) is 17.0. The Balaban J connectivity index is 1.89. The molecule has 2 fully saturated rings. The standard InChI is InChI=1S/C21H24N2O7/c1-5-13-15-11(7-6-8-14(15)27-2)17(24)16-18-21(10-30-29-4,20(26)28-3)9-12(22-18)19(25)23(13)16/h5-8,12-13,16,18,22H,1,9-10H2,2-4H3/t12-,13-,16?,18-,21?/m0/s1. The summed E-state index contributed by atoms with van der Waals surface area (Å²) < 4.78 is 10.5. The third-order valence-electron chi connectivity index (χ3n) is 6.38. The van der Waals surface area contributed by atoms with Crippen molar-refractivity contribution in [2.75, 3.05) is 27.9 Å². The van der Waals surface area contributed by atoms with Crippen LogP contribution in [0.4, 0.5) is 0 Å². The van der Waals surface area contributed by atoms with Gasteiger partial charge in [-0.25, -0.2) is 9.78 Å². The molecule has 2 saturated heterocycles. The number of carbonyl (C=O) groups is 3. The van der Waals surface area contributed by atoms with Gasteiger partial charge in [-0.15, -0.1) is 6.58 Å². The first-order valence-corrected chi connectivity index (χ1v) is 9.61. The number of esters is 1. The second-order valence-electron chi connectivity index (χ2n) is 7.63. The zero-order chi connectivity index (χ0) is 21.6. The summed E-state index contributed by atoms with van der Waals surface area (Å²) in [7, 11) is 4.12. The predicted octanol–water partition coefficient (Wildman–Crippen LogP) is 0.797. The first-order valence-electron chi connectivity index (χ1n) is 9.61.